The summed E-state index contributed by atoms with van der Waals surface area (Å²) < 4.78 is 1.11. The minimum atomic E-state index is -0.370. The van der Waals surface area contributed by atoms with Gasteiger partial charge in [0.25, 0.3) is 0 Å². The summed E-state index contributed by atoms with van der Waals surface area (Å²) in [5.74, 6) is 0.328. The van der Waals surface area contributed by atoms with Crippen molar-refractivity contribution in [3.63, 3.8) is 0 Å². The second kappa shape index (κ2) is 6.90. The Morgan fingerprint density at radius 2 is 2.15 bits per heavy atom. The molecule has 0 fully saturated rings. The predicted molar refractivity (Wildman–Crippen MR) is 90.1 cm³/mol. The number of pyridine rings is 1. The molecule has 1 atom stereocenters. The number of amides is 1. The lowest BCUT2D eigenvalue weighted by Gasteiger charge is -2.15. The van der Waals surface area contributed by atoms with Crippen molar-refractivity contribution in [1.82, 2.24) is 4.98 Å². The largest absolute Gasteiger partial charge is 0.374 e. The van der Waals surface area contributed by atoms with Gasteiger partial charge in [-0.25, -0.2) is 4.98 Å². The fourth-order valence-corrected chi connectivity index (χ4v) is 2.23. The summed E-state index contributed by atoms with van der Waals surface area (Å²) in [5.41, 5.74) is 0.906. The number of hydrogen-bond acceptors (Lipinski definition) is 3. The first-order chi connectivity index (χ1) is 9.54. The number of hydrogen-bond donors (Lipinski definition) is 2. The first-order valence-electron chi connectivity index (χ1n) is 5.99. The van der Waals surface area contributed by atoms with Gasteiger partial charge in [0.1, 0.15) is 11.9 Å². The fraction of sp³-hybridized carbons (Fsp3) is 0.143. The minimum absolute atomic E-state index is 0.154. The maximum Gasteiger partial charge on any atom is 0.247 e. The standard InChI is InChI=1S/C14H13ClIN3O/c1-9(18-12-4-2-3-11(16)7-12)14(20)19-13-6-5-10(15)8-17-13/h2-9,18H,1H3,(H,17,19,20). The summed E-state index contributed by atoms with van der Waals surface area (Å²) in [6, 6.07) is 10.8. The molecule has 0 radical (unpaired) electrons. The molecule has 0 aliphatic carbocycles. The van der Waals surface area contributed by atoms with Crippen molar-refractivity contribution >= 4 is 51.6 Å². The van der Waals surface area contributed by atoms with Crippen LogP contribution in [0.25, 0.3) is 0 Å². The SMILES string of the molecule is CC(Nc1cccc(I)c1)C(=O)Nc1ccc(Cl)cn1. The summed E-state index contributed by atoms with van der Waals surface area (Å²) in [5, 5.41) is 6.41. The van der Waals surface area contributed by atoms with E-state index in [9.17, 15) is 4.79 Å². The molecular formula is C14H13ClIN3O. The number of carbonyl (C=O) groups is 1. The smallest absolute Gasteiger partial charge is 0.247 e. The van der Waals surface area contributed by atoms with Crippen LogP contribution in [0.1, 0.15) is 6.92 Å². The monoisotopic (exact) mass is 401 g/mol. The van der Waals surface area contributed by atoms with Gasteiger partial charge in [0, 0.05) is 15.5 Å². The van der Waals surface area contributed by atoms with E-state index in [0.717, 1.165) is 9.26 Å². The molecule has 0 bridgehead atoms. The summed E-state index contributed by atoms with van der Waals surface area (Å²) >= 11 is 7.97. The van der Waals surface area contributed by atoms with Gasteiger partial charge in [0.15, 0.2) is 0 Å². The summed E-state index contributed by atoms with van der Waals surface area (Å²) in [4.78, 5) is 16.1. The maximum atomic E-state index is 12.0. The van der Waals surface area contributed by atoms with Crippen LogP contribution >= 0.6 is 34.2 Å². The highest BCUT2D eigenvalue weighted by Gasteiger charge is 2.13. The molecule has 0 aliphatic rings. The number of rotatable bonds is 4. The first kappa shape index (κ1) is 15.1. The van der Waals surface area contributed by atoms with E-state index in [1.54, 1.807) is 19.1 Å². The Bertz CT molecular complexity index is 604. The quantitative estimate of drug-likeness (QED) is 0.767. The molecule has 6 heteroatoms. The van der Waals surface area contributed by atoms with Gasteiger partial charge in [0.05, 0.1) is 5.02 Å². The van der Waals surface area contributed by atoms with Crippen LogP contribution in [0.2, 0.25) is 5.02 Å². The number of nitrogens with one attached hydrogen (secondary N) is 2. The molecular weight excluding hydrogens is 389 g/mol. The number of halogens is 2. The molecule has 0 spiro atoms. The van der Waals surface area contributed by atoms with E-state index >= 15 is 0 Å². The highest BCUT2D eigenvalue weighted by Crippen LogP contribution is 2.14. The Kier molecular flexibility index (Phi) is 5.19. The van der Waals surface area contributed by atoms with Gasteiger partial charge in [-0.1, -0.05) is 17.7 Å². The van der Waals surface area contributed by atoms with E-state index in [1.807, 2.05) is 24.3 Å². The van der Waals surface area contributed by atoms with Crippen LogP contribution in [-0.2, 0) is 4.79 Å². The van der Waals surface area contributed by atoms with Crippen molar-refractivity contribution in [3.05, 3.63) is 51.2 Å². The zero-order valence-electron chi connectivity index (χ0n) is 10.7. The van der Waals surface area contributed by atoms with E-state index in [1.165, 1.54) is 6.20 Å². The van der Waals surface area contributed by atoms with Gasteiger partial charge < -0.3 is 10.6 Å². The van der Waals surface area contributed by atoms with Crippen LogP contribution < -0.4 is 10.6 Å². The zero-order valence-corrected chi connectivity index (χ0v) is 13.6. The summed E-state index contributed by atoms with van der Waals surface area (Å²) in [7, 11) is 0. The molecule has 1 amide bonds. The van der Waals surface area contributed by atoms with Crippen molar-refractivity contribution in [3.8, 4) is 0 Å². The average molecular weight is 402 g/mol. The van der Waals surface area contributed by atoms with Crippen LogP contribution in [0.15, 0.2) is 42.6 Å². The van der Waals surface area contributed by atoms with E-state index < -0.39 is 0 Å². The normalized spacial score (nSPS) is 11.8. The van der Waals surface area contributed by atoms with Crippen LogP contribution in [0.4, 0.5) is 11.5 Å². The van der Waals surface area contributed by atoms with Gasteiger partial charge in [-0.3, -0.25) is 4.79 Å². The third-order valence-electron chi connectivity index (χ3n) is 2.58. The van der Waals surface area contributed by atoms with Gasteiger partial charge in [0.2, 0.25) is 5.91 Å². The first-order valence-corrected chi connectivity index (χ1v) is 7.45. The Hall–Kier alpha value is -1.34. The lowest BCUT2D eigenvalue weighted by molar-refractivity contribution is -0.116. The van der Waals surface area contributed by atoms with Crippen molar-refractivity contribution < 1.29 is 4.79 Å². The number of carbonyl (C=O) groups excluding carboxylic acids is 1. The molecule has 1 heterocycles. The maximum absolute atomic E-state index is 12.0. The Balaban J connectivity index is 1.96. The van der Waals surface area contributed by atoms with E-state index in [0.29, 0.717) is 10.8 Å². The van der Waals surface area contributed by atoms with Crippen LogP contribution in [0, 0.1) is 3.57 Å². The molecule has 2 N–H and O–H groups in total. The highest BCUT2D eigenvalue weighted by molar-refractivity contribution is 14.1. The number of anilines is 2. The molecule has 1 aromatic carbocycles. The molecule has 1 unspecified atom stereocenters. The summed E-state index contributed by atoms with van der Waals surface area (Å²) in [6.45, 7) is 1.80. The van der Waals surface area contributed by atoms with Crippen LogP contribution in [-0.4, -0.2) is 16.9 Å². The number of aromatic nitrogens is 1. The molecule has 2 aromatic rings. The van der Waals surface area contributed by atoms with Gasteiger partial charge in [-0.2, -0.15) is 0 Å². The van der Waals surface area contributed by atoms with Crippen molar-refractivity contribution in [2.24, 2.45) is 0 Å². The molecule has 104 valence electrons. The van der Waals surface area contributed by atoms with Crippen molar-refractivity contribution in [1.29, 1.82) is 0 Å². The van der Waals surface area contributed by atoms with Crippen molar-refractivity contribution in [2.45, 2.75) is 13.0 Å². The second-order valence-corrected chi connectivity index (χ2v) is 5.91. The topological polar surface area (TPSA) is 54.0 Å². The number of nitrogens with zero attached hydrogens (tertiary/aromatic N) is 1. The molecule has 0 aliphatic heterocycles. The van der Waals surface area contributed by atoms with Gasteiger partial charge >= 0.3 is 0 Å². The molecule has 0 saturated carbocycles. The van der Waals surface area contributed by atoms with E-state index in [-0.39, 0.29) is 11.9 Å². The van der Waals surface area contributed by atoms with Crippen LogP contribution in [0.3, 0.4) is 0 Å². The lowest BCUT2D eigenvalue weighted by atomic mass is 10.2. The third-order valence-corrected chi connectivity index (χ3v) is 3.47. The average Bonchev–Trinajstić information content (AvgIpc) is 2.41. The third kappa shape index (κ3) is 4.35. The second-order valence-electron chi connectivity index (χ2n) is 4.23. The molecule has 1 aromatic heterocycles. The summed E-state index contributed by atoms with van der Waals surface area (Å²) in [6.07, 6.45) is 1.49. The zero-order chi connectivity index (χ0) is 14.5. The fourth-order valence-electron chi connectivity index (χ4n) is 1.58. The Morgan fingerprint density at radius 3 is 2.80 bits per heavy atom. The molecule has 4 nitrogen and oxygen atoms in total. The Morgan fingerprint density at radius 1 is 1.35 bits per heavy atom. The van der Waals surface area contributed by atoms with Gasteiger partial charge in [-0.15, -0.1) is 0 Å². The van der Waals surface area contributed by atoms with E-state index in [2.05, 4.69) is 38.2 Å². The predicted octanol–water partition coefficient (Wildman–Crippen LogP) is 3.78. The minimum Gasteiger partial charge on any atom is -0.374 e. The molecule has 2 rings (SSSR count). The highest BCUT2D eigenvalue weighted by atomic mass is 127. The Labute approximate surface area is 136 Å². The van der Waals surface area contributed by atoms with Crippen molar-refractivity contribution in [2.75, 3.05) is 10.6 Å². The van der Waals surface area contributed by atoms with Crippen LogP contribution in [0.5, 0.6) is 0 Å². The molecule has 0 saturated heterocycles. The van der Waals surface area contributed by atoms with E-state index in [4.69, 9.17) is 11.6 Å². The van der Waals surface area contributed by atoms with Gasteiger partial charge in [-0.05, 0) is 59.8 Å². The molecule has 20 heavy (non-hydrogen) atoms. The lowest BCUT2D eigenvalue weighted by Crippen LogP contribution is -2.32. The number of benzene rings is 1.